The van der Waals surface area contributed by atoms with E-state index >= 15 is 0 Å². The van der Waals surface area contributed by atoms with Crippen LogP contribution in [-0.2, 0) is 24.2 Å². The summed E-state index contributed by atoms with van der Waals surface area (Å²) in [7, 11) is -1.85. The average molecular weight is 847 g/mol. The zero-order chi connectivity index (χ0) is 41.7. The van der Waals surface area contributed by atoms with Crippen LogP contribution in [0.4, 0.5) is 5.82 Å². The number of hydrogen-bond acceptors (Lipinski definition) is 12. The van der Waals surface area contributed by atoms with Crippen LogP contribution in [0.3, 0.4) is 0 Å². The first-order valence-corrected chi connectivity index (χ1v) is 20.6. The minimum atomic E-state index is -5.03. The molecule has 16 heteroatoms. The van der Waals surface area contributed by atoms with Gasteiger partial charge in [0, 0.05) is 17.0 Å². The van der Waals surface area contributed by atoms with Gasteiger partial charge < -0.3 is 38.2 Å². The molecule has 0 bridgehead atoms. The highest BCUT2D eigenvalue weighted by Gasteiger charge is 2.44. The van der Waals surface area contributed by atoms with Gasteiger partial charge in [-0.1, -0.05) is 84.4 Å². The number of methoxy groups -OCH3 is 2. The Kier molecular flexibility index (Phi) is 11.9. The first kappa shape index (κ1) is 40.7. The standard InChI is InChI=1S/C44H39ClN5O9P/c1-54-34-19-13-31(14-20-34)44(30-11-7-4-8-12-30,32-15-21-35(55-2)22-16-32)56-26-38-37(59-60(52,53)58-36-23-17-33(45)18-24-36)25-39(57-38)50-28-48-40-41(46-27-47-42(40)50)49-43(51)29-9-5-3-6-10-29/h3-24,27-28,37-39H,25-26H2,1-2H3,(H,52,53)(H,46,47,49,51)/p-1/t37-,38+,39+/m0/s1. The van der Waals surface area contributed by atoms with E-state index in [0.717, 1.165) is 16.7 Å². The normalized spacial score (nSPS) is 17.5. The molecule has 0 aliphatic carbocycles. The number of anilines is 1. The van der Waals surface area contributed by atoms with Crippen LogP contribution in [0.5, 0.6) is 17.2 Å². The van der Waals surface area contributed by atoms with Crippen LogP contribution in [0.25, 0.3) is 11.2 Å². The number of amides is 1. The molecule has 14 nitrogen and oxygen atoms in total. The predicted octanol–water partition coefficient (Wildman–Crippen LogP) is 7.98. The number of nitrogens with one attached hydrogen (secondary N) is 1. The summed E-state index contributed by atoms with van der Waals surface area (Å²) in [5.74, 6) is 1.13. The first-order chi connectivity index (χ1) is 29.2. The van der Waals surface area contributed by atoms with E-state index in [-0.39, 0.29) is 30.5 Å². The quantitative estimate of drug-likeness (QED) is 0.0782. The number of rotatable bonds is 15. The maximum absolute atomic E-state index is 13.6. The molecule has 4 atom stereocenters. The maximum Gasteiger partial charge on any atom is 0.320 e. The number of aromatic nitrogens is 4. The van der Waals surface area contributed by atoms with Crippen LogP contribution in [-0.4, -0.2) is 58.5 Å². The molecule has 1 aliphatic rings. The lowest BCUT2D eigenvalue weighted by atomic mass is 9.80. The molecule has 1 amide bonds. The molecule has 1 fully saturated rings. The summed E-state index contributed by atoms with van der Waals surface area (Å²) in [5, 5.41) is 3.21. The third-order valence-electron chi connectivity index (χ3n) is 10.1. The van der Waals surface area contributed by atoms with E-state index < -0.39 is 31.9 Å². The molecule has 5 aromatic carbocycles. The Balaban J connectivity index is 1.16. The molecule has 0 spiro atoms. The summed E-state index contributed by atoms with van der Waals surface area (Å²) in [6, 6.07) is 39.3. The highest BCUT2D eigenvalue weighted by Crippen LogP contribution is 2.48. The van der Waals surface area contributed by atoms with Crippen LogP contribution < -0.4 is 24.2 Å². The van der Waals surface area contributed by atoms with Gasteiger partial charge in [0.25, 0.3) is 5.91 Å². The number of imidazole rings is 1. The Morgan fingerprint density at radius 1 is 0.817 bits per heavy atom. The van der Waals surface area contributed by atoms with Crippen molar-refractivity contribution in [3.63, 3.8) is 0 Å². The van der Waals surface area contributed by atoms with Gasteiger partial charge in [0.2, 0.25) is 0 Å². The van der Waals surface area contributed by atoms with Gasteiger partial charge in [0.15, 0.2) is 17.0 Å². The number of ether oxygens (including phenoxy) is 4. The van der Waals surface area contributed by atoms with Crippen molar-refractivity contribution in [2.45, 2.75) is 30.5 Å². The molecule has 3 heterocycles. The predicted molar refractivity (Wildman–Crippen MR) is 221 cm³/mol. The van der Waals surface area contributed by atoms with Crippen molar-refractivity contribution in [3.05, 3.63) is 173 Å². The molecule has 2 aromatic heterocycles. The smallest absolute Gasteiger partial charge is 0.320 e. The Bertz CT molecular complexity index is 2550. The summed E-state index contributed by atoms with van der Waals surface area (Å²) < 4.78 is 51.2. The van der Waals surface area contributed by atoms with E-state index in [4.69, 9.17) is 39.6 Å². The molecular weight excluding hydrogens is 809 g/mol. The second-order valence-corrected chi connectivity index (χ2v) is 15.4. The number of phosphoric ester groups is 1. The van der Waals surface area contributed by atoms with Gasteiger partial charge in [-0.2, -0.15) is 0 Å². The monoisotopic (exact) mass is 846 g/mol. The van der Waals surface area contributed by atoms with Gasteiger partial charge in [0.1, 0.15) is 41.5 Å². The van der Waals surface area contributed by atoms with E-state index in [1.165, 1.54) is 36.9 Å². The fourth-order valence-electron chi connectivity index (χ4n) is 7.15. The van der Waals surface area contributed by atoms with Crippen LogP contribution in [0.2, 0.25) is 5.02 Å². The van der Waals surface area contributed by atoms with Gasteiger partial charge in [0.05, 0.1) is 33.3 Å². The average Bonchev–Trinajstić information content (AvgIpc) is 3.90. The number of phosphoric acid groups is 1. The Labute approximate surface area is 350 Å². The summed E-state index contributed by atoms with van der Waals surface area (Å²) in [4.78, 5) is 39.9. The molecular formula is C44H38ClN5O9P-. The van der Waals surface area contributed by atoms with Crippen LogP contribution in [0.1, 0.15) is 39.7 Å². The number of halogens is 1. The van der Waals surface area contributed by atoms with Crippen molar-refractivity contribution in [1.29, 1.82) is 0 Å². The number of fused-ring (bicyclic) bond motifs is 1. The minimum Gasteiger partial charge on any atom is -0.746 e. The SMILES string of the molecule is COc1ccc(C(OC[C@H]2O[C@@H](n3cnc4c(NC(=O)c5ccccc5)ncnc43)C[C@@H]2OP(=O)([O-])Oc2ccc(Cl)cc2)(c2ccccc2)c2ccc(OC)cc2)cc1. The van der Waals surface area contributed by atoms with Crippen molar-refractivity contribution in [1.82, 2.24) is 19.5 Å². The number of carbonyl (C=O) groups excluding carboxylic acids is 1. The fourth-order valence-corrected chi connectivity index (χ4v) is 8.25. The second-order valence-electron chi connectivity index (χ2n) is 13.7. The summed E-state index contributed by atoms with van der Waals surface area (Å²) in [6.07, 6.45) is -0.176. The van der Waals surface area contributed by atoms with Crippen molar-refractivity contribution in [2.75, 3.05) is 26.1 Å². The largest absolute Gasteiger partial charge is 0.746 e. The van der Waals surface area contributed by atoms with E-state index in [0.29, 0.717) is 33.2 Å². The van der Waals surface area contributed by atoms with Crippen LogP contribution in [0.15, 0.2) is 146 Å². The van der Waals surface area contributed by atoms with Crippen molar-refractivity contribution in [2.24, 2.45) is 0 Å². The fraction of sp³-hybridized carbons (Fsp3) is 0.182. The topological polar surface area (TPSA) is 168 Å². The molecule has 306 valence electrons. The third kappa shape index (κ3) is 8.61. The Morgan fingerprint density at radius 3 is 2.02 bits per heavy atom. The lowest BCUT2D eigenvalue weighted by Crippen LogP contribution is -2.38. The number of carbonyl (C=O) groups is 1. The van der Waals surface area contributed by atoms with Crippen molar-refractivity contribution in [3.8, 4) is 17.2 Å². The molecule has 1 unspecified atom stereocenters. The zero-order valence-electron chi connectivity index (χ0n) is 32.3. The lowest BCUT2D eigenvalue weighted by molar-refractivity contribution is -0.223. The van der Waals surface area contributed by atoms with E-state index in [2.05, 4.69) is 20.3 Å². The molecule has 0 radical (unpaired) electrons. The van der Waals surface area contributed by atoms with Gasteiger partial charge >= 0.3 is 7.82 Å². The zero-order valence-corrected chi connectivity index (χ0v) is 33.9. The first-order valence-electron chi connectivity index (χ1n) is 18.8. The summed E-state index contributed by atoms with van der Waals surface area (Å²) >= 11 is 6.03. The highest BCUT2D eigenvalue weighted by atomic mass is 35.5. The lowest BCUT2D eigenvalue weighted by Gasteiger charge is -2.37. The molecule has 8 rings (SSSR count). The maximum atomic E-state index is 13.6. The van der Waals surface area contributed by atoms with E-state index in [1.807, 2.05) is 84.9 Å². The highest BCUT2D eigenvalue weighted by molar-refractivity contribution is 7.46. The van der Waals surface area contributed by atoms with Crippen molar-refractivity contribution < 1.29 is 42.2 Å². The van der Waals surface area contributed by atoms with Crippen LogP contribution in [0, 0.1) is 0 Å². The number of nitrogens with zero attached hydrogens (tertiary/aromatic N) is 4. The van der Waals surface area contributed by atoms with Crippen molar-refractivity contribution >= 4 is 42.3 Å². The molecule has 1 aliphatic heterocycles. The van der Waals surface area contributed by atoms with Gasteiger partial charge in [-0.25, -0.2) is 15.0 Å². The van der Waals surface area contributed by atoms with E-state index in [1.54, 1.807) is 43.1 Å². The Morgan fingerprint density at radius 2 is 1.40 bits per heavy atom. The molecule has 1 N–H and O–H groups in total. The molecule has 7 aromatic rings. The number of hydrogen-bond donors (Lipinski definition) is 1. The molecule has 0 saturated carbocycles. The van der Waals surface area contributed by atoms with Gasteiger partial charge in [-0.05, 0) is 77.4 Å². The van der Waals surface area contributed by atoms with E-state index in [9.17, 15) is 14.3 Å². The summed E-state index contributed by atoms with van der Waals surface area (Å²) in [6.45, 7) is -0.172. The number of benzene rings is 5. The molecule has 1 saturated heterocycles. The molecule has 60 heavy (non-hydrogen) atoms. The minimum absolute atomic E-state index is 0.00874. The second kappa shape index (κ2) is 17.6. The van der Waals surface area contributed by atoms with Gasteiger partial charge in [-0.3, -0.25) is 13.9 Å². The van der Waals surface area contributed by atoms with Gasteiger partial charge in [-0.15, -0.1) is 0 Å². The Hall–Kier alpha value is -6.12. The van der Waals surface area contributed by atoms with Crippen LogP contribution >= 0.6 is 19.4 Å². The summed E-state index contributed by atoms with van der Waals surface area (Å²) in [5.41, 5.74) is 2.11. The third-order valence-corrected chi connectivity index (χ3v) is 11.3.